The Labute approximate surface area is 132 Å². The molecule has 0 aromatic carbocycles. The van der Waals surface area contributed by atoms with Gasteiger partial charge < -0.3 is 4.74 Å². The molecule has 0 bridgehead atoms. The summed E-state index contributed by atoms with van der Waals surface area (Å²) in [6, 6.07) is 0. The van der Waals surface area contributed by atoms with Crippen molar-refractivity contribution in [1.82, 2.24) is 0 Å². The third-order valence-electron chi connectivity index (χ3n) is 5.27. The molecule has 0 aromatic rings. The average molecular weight is 290 g/mol. The van der Waals surface area contributed by atoms with Crippen LogP contribution in [-0.4, -0.2) is 12.7 Å². The fourth-order valence-corrected chi connectivity index (χ4v) is 3.90. The van der Waals surface area contributed by atoms with Crippen LogP contribution in [0, 0.1) is 29.6 Å². The normalized spacial score (nSPS) is 33.2. The van der Waals surface area contributed by atoms with Gasteiger partial charge in [-0.1, -0.05) is 38.5 Å². The number of hydrogen-bond donors (Lipinski definition) is 0. The van der Waals surface area contributed by atoms with Crippen molar-refractivity contribution in [3.05, 3.63) is 0 Å². The molecule has 2 aliphatic rings. The SMILES string of the molecule is CCCOC1CCC(C#CC2CCC(CCC)CC2)CC1. The van der Waals surface area contributed by atoms with Gasteiger partial charge in [0.05, 0.1) is 6.10 Å². The Morgan fingerprint density at radius 2 is 1.33 bits per heavy atom. The van der Waals surface area contributed by atoms with E-state index in [1.165, 1.54) is 64.2 Å². The minimum absolute atomic E-state index is 0.521. The van der Waals surface area contributed by atoms with Crippen molar-refractivity contribution in [2.45, 2.75) is 90.6 Å². The predicted octanol–water partition coefficient (Wildman–Crippen LogP) is 5.58. The Bertz CT molecular complexity index is 321. The zero-order chi connectivity index (χ0) is 14.9. The van der Waals surface area contributed by atoms with Gasteiger partial charge in [-0.05, 0) is 63.7 Å². The van der Waals surface area contributed by atoms with Gasteiger partial charge in [-0.3, -0.25) is 0 Å². The summed E-state index contributed by atoms with van der Waals surface area (Å²) >= 11 is 0. The molecule has 0 unspecified atom stereocenters. The molecule has 1 heteroatoms. The molecule has 2 fully saturated rings. The molecule has 2 rings (SSSR count). The third-order valence-corrected chi connectivity index (χ3v) is 5.27. The summed E-state index contributed by atoms with van der Waals surface area (Å²) < 4.78 is 5.86. The lowest BCUT2D eigenvalue weighted by atomic mass is 9.80. The monoisotopic (exact) mass is 290 g/mol. The Morgan fingerprint density at radius 3 is 1.86 bits per heavy atom. The van der Waals surface area contributed by atoms with Crippen molar-refractivity contribution in [3.8, 4) is 11.8 Å². The van der Waals surface area contributed by atoms with E-state index >= 15 is 0 Å². The molecule has 0 aliphatic heterocycles. The summed E-state index contributed by atoms with van der Waals surface area (Å²) in [5, 5.41) is 0. The smallest absolute Gasteiger partial charge is 0.0576 e. The van der Waals surface area contributed by atoms with Gasteiger partial charge in [0.1, 0.15) is 0 Å². The second-order valence-corrected chi connectivity index (χ2v) is 7.14. The molecule has 0 saturated heterocycles. The second kappa shape index (κ2) is 9.52. The van der Waals surface area contributed by atoms with Crippen LogP contribution >= 0.6 is 0 Å². The molecule has 0 heterocycles. The first kappa shape index (κ1) is 16.9. The van der Waals surface area contributed by atoms with Crippen LogP contribution < -0.4 is 0 Å². The van der Waals surface area contributed by atoms with Gasteiger partial charge in [0.15, 0.2) is 0 Å². The molecule has 0 amide bonds. The van der Waals surface area contributed by atoms with Crippen molar-refractivity contribution in [3.63, 3.8) is 0 Å². The molecular formula is C20H34O. The lowest BCUT2D eigenvalue weighted by Crippen LogP contribution is -2.21. The van der Waals surface area contributed by atoms with Crippen molar-refractivity contribution in [2.24, 2.45) is 17.8 Å². The Morgan fingerprint density at radius 1 is 0.762 bits per heavy atom. The molecule has 2 saturated carbocycles. The highest BCUT2D eigenvalue weighted by Gasteiger charge is 2.21. The first-order valence-electron chi connectivity index (χ1n) is 9.44. The van der Waals surface area contributed by atoms with Crippen molar-refractivity contribution in [1.29, 1.82) is 0 Å². The molecule has 0 aromatic heterocycles. The predicted molar refractivity (Wildman–Crippen MR) is 90.1 cm³/mol. The van der Waals surface area contributed by atoms with Crippen LogP contribution in [0.2, 0.25) is 0 Å². The van der Waals surface area contributed by atoms with Gasteiger partial charge in [-0.25, -0.2) is 0 Å². The molecule has 0 atom stereocenters. The lowest BCUT2D eigenvalue weighted by Gasteiger charge is -2.27. The number of ether oxygens (including phenoxy) is 1. The number of hydrogen-bond acceptors (Lipinski definition) is 1. The summed E-state index contributed by atoms with van der Waals surface area (Å²) in [4.78, 5) is 0. The van der Waals surface area contributed by atoms with Gasteiger partial charge in [-0.15, -0.1) is 0 Å². The van der Waals surface area contributed by atoms with E-state index in [-0.39, 0.29) is 0 Å². The fraction of sp³-hybridized carbons (Fsp3) is 0.900. The summed E-state index contributed by atoms with van der Waals surface area (Å²) in [5.74, 6) is 9.58. The maximum absolute atomic E-state index is 5.86. The molecule has 0 N–H and O–H groups in total. The van der Waals surface area contributed by atoms with E-state index in [1.807, 2.05) is 0 Å². The Balaban J connectivity index is 1.65. The largest absolute Gasteiger partial charge is 0.378 e. The molecule has 21 heavy (non-hydrogen) atoms. The van der Waals surface area contributed by atoms with E-state index in [1.54, 1.807) is 0 Å². The highest BCUT2D eigenvalue weighted by Crippen LogP contribution is 2.31. The highest BCUT2D eigenvalue weighted by molar-refractivity contribution is 5.09. The van der Waals surface area contributed by atoms with E-state index in [0.29, 0.717) is 17.9 Å². The van der Waals surface area contributed by atoms with Crippen LogP contribution in [0.1, 0.15) is 84.5 Å². The average Bonchev–Trinajstić information content (AvgIpc) is 2.53. The summed E-state index contributed by atoms with van der Waals surface area (Å²) in [6.07, 6.45) is 15.0. The topological polar surface area (TPSA) is 9.23 Å². The van der Waals surface area contributed by atoms with E-state index in [4.69, 9.17) is 4.74 Å². The maximum Gasteiger partial charge on any atom is 0.0576 e. The fourth-order valence-electron chi connectivity index (χ4n) is 3.90. The Kier molecular flexibility index (Phi) is 7.65. The quantitative estimate of drug-likeness (QED) is 0.600. The minimum atomic E-state index is 0.521. The molecule has 1 nitrogen and oxygen atoms in total. The van der Waals surface area contributed by atoms with E-state index < -0.39 is 0 Å². The summed E-state index contributed by atoms with van der Waals surface area (Å²) in [7, 11) is 0. The number of rotatable bonds is 5. The van der Waals surface area contributed by atoms with E-state index in [2.05, 4.69) is 25.7 Å². The van der Waals surface area contributed by atoms with Crippen LogP contribution in [0.4, 0.5) is 0 Å². The van der Waals surface area contributed by atoms with Gasteiger partial charge >= 0.3 is 0 Å². The van der Waals surface area contributed by atoms with Crippen LogP contribution in [0.25, 0.3) is 0 Å². The van der Waals surface area contributed by atoms with Crippen LogP contribution in [0.3, 0.4) is 0 Å². The van der Waals surface area contributed by atoms with Crippen LogP contribution in [-0.2, 0) is 4.74 Å². The zero-order valence-corrected chi connectivity index (χ0v) is 14.2. The van der Waals surface area contributed by atoms with Crippen molar-refractivity contribution < 1.29 is 4.74 Å². The van der Waals surface area contributed by atoms with Crippen LogP contribution in [0.5, 0.6) is 0 Å². The zero-order valence-electron chi connectivity index (χ0n) is 14.2. The molecule has 0 radical (unpaired) electrons. The molecular weight excluding hydrogens is 256 g/mol. The van der Waals surface area contributed by atoms with Gasteiger partial charge in [0.2, 0.25) is 0 Å². The minimum Gasteiger partial charge on any atom is -0.378 e. The first-order valence-corrected chi connectivity index (χ1v) is 9.44. The maximum atomic E-state index is 5.86. The van der Waals surface area contributed by atoms with Crippen LogP contribution in [0.15, 0.2) is 0 Å². The van der Waals surface area contributed by atoms with E-state index in [9.17, 15) is 0 Å². The Hall–Kier alpha value is -0.480. The van der Waals surface area contributed by atoms with Gasteiger partial charge in [0, 0.05) is 18.4 Å². The third kappa shape index (κ3) is 6.03. The standard InChI is InChI=1S/C20H34O/c1-3-5-17-6-8-18(9-7-17)10-11-19-12-14-20(15-13-19)21-16-4-2/h17-20H,3-9,12-16H2,1-2H3. The second-order valence-electron chi connectivity index (χ2n) is 7.14. The van der Waals surface area contributed by atoms with E-state index in [0.717, 1.165) is 18.9 Å². The molecule has 120 valence electrons. The molecule has 2 aliphatic carbocycles. The van der Waals surface area contributed by atoms with Crippen molar-refractivity contribution >= 4 is 0 Å². The summed E-state index contributed by atoms with van der Waals surface area (Å²) in [6.45, 7) is 5.43. The first-order chi connectivity index (χ1) is 10.3. The van der Waals surface area contributed by atoms with Crippen molar-refractivity contribution in [2.75, 3.05) is 6.61 Å². The lowest BCUT2D eigenvalue weighted by molar-refractivity contribution is 0.0234. The molecule has 0 spiro atoms. The van der Waals surface area contributed by atoms with Gasteiger partial charge in [-0.2, -0.15) is 0 Å². The highest BCUT2D eigenvalue weighted by atomic mass is 16.5. The summed E-state index contributed by atoms with van der Waals surface area (Å²) in [5.41, 5.74) is 0. The van der Waals surface area contributed by atoms with Gasteiger partial charge in [0.25, 0.3) is 0 Å².